The average Bonchev–Trinajstić information content (AvgIpc) is 2.73. The van der Waals surface area contributed by atoms with E-state index in [1.165, 1.54) is 0 Å². The van der Waals surface area contributed by atoms with E-state index in [2.05, 4.69) is 20.6 Å². The van der Waals surface area contributed by atoms with E-state index in [-0.39, 0.29) is 11.6 Å². The zero-order valence-corrected chi connectivity index (χ0v) is 16.0. The van der Waals surface area contributed by atoms with Gasteiger partial charge in [0.2, 0.25) is 5.95 Å². The van der Waals surface area contributed by atoms with Crippen LogP contribution in [-0.2, 0) is 6.54 Å². The summed E-state index contributed by atoms with van der Waals surface area (Å²) < 4.78 is 10.5. The fourth-order valence-corrected chi connectivity index (χ4v) is 2.57. The Morgan fingerprint density at radius 1 is 1.00 bits per heavy atom. The highest BCUT2D eigenvalue weighted by atomic mass is 16.5. The third-order valence-corrected chi connectivity index (χ3v) is 4.10. The Hall–Kier alpha value is -3.61. The van der Waals surface area contributed by atoms with Gasteiger partial charge in [0.25, 0.3) is 5.91 Å². The summed E-state index contributed by atoms with van der Waals surface area (Å²) in [6.45, 7) is 2.47. The Morgan fingerprint density at radius 3 is 2.46 bits per heavy atom. The van der Waals surface area contributed by atoms with E-state index in [1.807, 2.05) is 49.4 Å². The lowest BCUT2D eigenvalue weighted by atomic mass is 10.2. The molecule has 0 unspecified atom stereocenters. The number of carbonyl (C=O) groups excluding carboxylic acids is 1. The SMILES string of the molecule is COc1ccc(CNc2nccc(C(=O)Nc3ccc(C)cc3)n2)cc1OC. The van der Waals surface area contributed by atoms with E-state index in [0.29, 0.717) is 29.7 Å². The van der Waals surface area contributed by atoms with Gasteiger partial charge in [-0.25, -0.2) is 9.97 Å². The molecule has 0 aliphatic rings. The van der Waals surface area contributed by atoms with E-state index in [9.17, 15) is 4.79 Å². The Labute approximate surface area is 163 Å². The molecule has 0 aliphatic carbocycles. The molecule has 7 heteroatoms. The van der Waals surface area contributed by atoms with Crippen molar-refractivity contribution < 1.29 is 14.3 Å². The van der Waals surface area contributed by atoms with Crippen LogP contribution in [0.1, 0.15) is 21.6 Å². The summed E-state index contributed by atoms with van der Waals surface area (Å²) in [5, 5.41) is 5.94. The van der Waals surface area contributed by atoms with Crippen molar-refractivity contribution in [1.29, 1.82) is 0 Å². The number of anilines is 2. The van der Waals surface area contributed by atoms with Crippen molar-refractivity contribution in [2.45, 2.75) is 13.5 Å². The molecule has 0 aliphatic heterocycles. The van der Waals surface area contributed by atoms with Gasteiger partial charge in [-0.1, -0.05) is 23.8 Å². The number of hydrogen-bond donors (Lipinski definition) is 2. The van der Waals surface area contributed by atoms with Crippen molar-refractivity contribution in [2.24, 2.45) is 0 Å². The molecule has 0 saturated heterocycles. The molecule has 1 amide bonds. The van der Waals surface area contributed by atoms with Crippen molar-refractivity contribution in [1.82, 2.24) is 9.97 Å². The number of carbonyl (C=O) groups is 1. The molecule has 28 heavy (non-hydrogen) atoms. The molecule has 0 spiro atoms. The predicted molar refractivity (Wildman–Crippen MR) is 108 cm³/mol. The highest BCUT2D eigenvalue weighted by molar-refractivity contribution is 6.02. The van der Waals surface area contributed by atoms with Gasteiger partial charge in [0.05, 0.1) is 14.2 Å². The zero-order chi connectivity index (χ0) is 19.9. The molecule has 0 fully saturated rings. The molecule has 0 saturated carbocycles. The molecule has 2 N–H and O–H groups in total. The Morgan fingerprint density at radius 2 is 1.75 bits per heavy atom. The average molecular weight is 378 g/mol. The second kappa shape index (κ2) is 8.85. The Bertz CT molecular complexity index is 958. The normalized spacial score (nSPS) is 10.2. The minimum Gasteiger partial charge on any atom is -0.493 e. The molecule has 3 aromatic rings. The third kappa shape index (κ3) is 4.76. The smallest absolute Gasteiger partial charge is 0.274 e. The highest BCUT2D eigenvalue weighted by Gasteiger charge is 2.10. The van der Waals surface area contributed by atoms with Gasteiger partial charge in [-0.05, 0) is 42.8 Å². The van der Waals surface area contributed by atoms with E-state index in [4.69, 9.17) is 9.47 Å². The van der Waals surface area contributed by atoms with Crippen molar-refractivity contribution >= 4 is 17.5 Å². The summed E-state index contributed by atoms with van der Waals surface area (Å²) in [4.78, 5) is 20.9. The number of aryl methyl sites for hydroxylation is 1. The summed E-state index contributed by atoms with van der Waals surface area (Å²) in [6.07, 6.45) is 1.55. The second-order valence-corrected chi connectivity index (χ2v) is 6.13. The Kier molecular flexibility index (Phi) is 6.06. The van der Waals surface area contributed by atoms with Crippen molar-refractivity contribution in [2.75, 3.05) is 24.9 Å². The van der Waals surface area contributed by atoms with Gasteiger partial charge in [0.1, 0.15) is 5.69 Å². The first kappa shape index (κ1) is 19.2. The summed E-state index contributed by atoms with van der Waals surface area (Å²) in [5.74, 6) is 1.39. The number of ether oxygens (including phenoxy) is 2. The van der Waals surface area contributed by atoms with Gasteiger partial charge in [0.15, 0.2) is 11.5 Å². The number of nitrogens with one attached hydrogen (secondary N) is 2. The van der Waals surface area contributed by atoms with Crippen LogP contribution in [0.4, 0.5) is 11.6 Å². The fourth-order valence-electron chi connectivity index (χ4n) is 2.57. The maximum atomic E-state index is 12.4. The third-order valence-electron chi connectivity index (χ3n) is 4.10. The summed E-state index contributed by atoms with van der Waals surface area (Å²) in [6, 6.07) is 14.8. The first-order chi connectivity index (χ1) is 13.6. The number of amides is 1. The van der Waals surface area contributed by atoms with Crippen molar-refractivity contribution in [3.63, 3.8) is 0 Å². The van der Waals surface area contributed by atoms with Gasteiger partial charge >= 0.3 is 0 Å². The lowest BCUT2D eigenvalue weighted by Crippen LogP contribution is -2.15. The number of methoxy groups -OCH3 is 2. The van der Waals surface area contributed by atoms with Crippen LogP contribution in [0.15, 0.2) is 54.7 Å². The summed E-state index contributed by atoms with van der Waals surface area (Å²) in [7, 11) is 3.19. The second-order valence-electron chi connectivity index (χ2n) is 6.13. The lowest BCUT2D eigenvalue weighted by Gasteiger charge is -2.11. The van der Waals surface area contributed by atoms with Crippen LogP contribution in [0.5, 0.6) is 11.5 Å². The molecule has 0 radical (unpaired) electrons. The van der Waals surface area contributed by atoms with Crippen LogP contribution in [0.25, 0.3) is 0 Å². The van der Waals surface area contributed by atoms with Crippen LogP contribution < -0.4 is 20.1 Å². The first-order valence-corrected chi connectivity index (χ1v) is 8.75. The molecular weight excluding hydrogens is 356 g/mol. The number of rotatable bonds is 7. The molecule has 0 bridgehead atoms. The van der Waals surface area contributed by atoms with Gasteiger partial charge in [-0.3, -0.25) is 4.79 Å². The maximum absolute atomic E-state index is 12.4. The topological polar surface area (TPSA) is 85.4 Å². The van der Waals surface area contributed by atoms with E-state index in [1.54, 1.807) is 26.5 Å². The summed E-state index contributed by atoms with van der Waals surface area (Å²) in [5.41, 5.74) is 3.09. The van der Waals surface area contributed by atoms with Gasteiger partial charge in [-0.2, -0.15) is 0 Å². The first-order valence-electron chi connectivity index (χ1n) is 8.75. The van der Waals surface area contributed by atoms with Gasteiger partial charge in [-0.15, -0.1) is 0 Å². The number of hydrogen-bond acceptors (Lipinski definition) is 6. The maximum Gasteiger partial charge on any atom is 0.274 e. The number of benzene rings is 2. The molecular formula is C21H22N4O3. The molecule has 1 aromatic heterocycles. The number of nitrogens with zero attached hydrogens (tertiary/aromatic N) is 2. The molecule has 7 nitrogen and oxygen atoms in total. The van der Waals surface area contributed by atoms with E-state index in [0.717, 1.165) is 11.1 Å². The van der Waals surface area contributed by atoms with Crippen LogP contribution in [-0.4, -0.2) is 30.1 Å². The van der Waals surface area contributed by atoms with Crippen LogP contribution in [0.3, 0.4) is 0 Å². The highest BCUT2D eigenvalue weighted by Crippen LogP contribution is 2.27. The quantitative estimate of drug-likeness (QED) is 0.653. The summed E-state index contributed by atoms with van der Waals surface area (Å²) >= 11 is 0. The van der Waals surface area contributed by atoms with E-state index < -0.39 is 0 Å². The van der Waals surface area contributed by atoms with Gasteiger partial charge in [0, 0.05) is 18.4 Å². The minimum atomic E-state index is -0.291. The van der Waals surface area contributed by atoms with E-state index >= 15 is 0 Å². The van der Waals surface area contributed by atoms with Crippen molar-refractivity contribution in [3.05, 3.63) is 71.5 Å². The number of aromatic nitrogens is 2. The zero-order valence-electron chi connectivity index (χ0n) is 16.0. The molecule has 144 valence electrons. The van der Waals surface area contributed by atoms with Crippen molar-refractivity contribution in [3.8, 4) is 11.5 Å². The van der Waals surface area contributed by atoms with Crippen LogP contribution in [0, 0.1) is 6.92 Å². The largest absolute Gasteiger partial charge is 0.493 e. The van der Waals surface area contributed by atoms with Crippen LogP contribution in [0.2, 0.25) is 0 Å². The van der Waals surface area contributed by atoms with Gasteiger partial charge < -0.3 is 20.1 Å². The predicted octanol–water partition coefficient (Wildman–Crippen LogP) is 3.67. The molecule has 2 aromatic carbocycles. The Balaban J connectivity index is 1.66. The minimum absolute atomic E-state index is 0.283. The monoisotopic (exact) mass is 378 g/mol. The molecule has 3 rings (SSSR count). The lowest BCUT2D eigenvalue weighted by molar-refractivity contribution is 0.102. The standard InChI is InChI=1S/C21H22N4O3/c1-14-4-7-16(8-5-14)24-20(26)17-10-11-22-21(25-17)23-13-15-6-9-18(27-2)19(12-15)28-3/h4-12H,13H2,1-3H3,(H,24,26)(H,22,23,25). The molecule has 1 heterocycles. The van der Waals surface area contributed by atoms with Crippen LogP contribution >= 0.6 is 0 Å². The fraction of sp³-hybridized carbons (Fsp3) is 0.190. The molecule has 0 atom stereocenters.